The van der Waals surface area contributed by atoms with E-state index in [-0.39, 0.29) is 6.42 Å². The molecule has 0 bridgehead atoms. The van der Waals surface area contributed by atoms with Crippen LogP contribution in [0, 0.1) is 0 Å². The summed E-state index contributed by atoms with van der Waals surface area (Å²) in [7, 11) is 1.58. The van der Waals surface area contributed by atoms with E-state index >= 15 is 0 Å². The number of benzene rings is 1. The van der Waals surface area contributed by atoms with Gasteiger partial charge in [0.2, 0.25) is 5.90 Å². The van der Waals surface area contributed by atoms with Gasteiger partial charge in [-0.05, 0) is 18.4 Å². The highest BCUT2D eigenvalue weighted by Crippen LogP contribution is 2.07. The van der Waals surface area contributed by atoms with E-state index < -0.39 is 5.97 Å². The maximum Gasteiger partial charge on any atom is 0.303 e. The summed E-state index contributed by atoms with van der Waals surface area (Å²) in [6.07, 6.45) is 6.18. The Morgan fingerprint density at radius 3 is 2.43 bits per heavy atom. The van der Waals surface area contributed by atoms with Gasteiger partial charge in [-0.15, -0.1) is 5.10 Å². The second-order valence-electron chi connectivity index (χ2n) is 4.66. The summed E-state index contributed by atoms with van der Waals surface area (Å²) in [6.45, 7) is 0. The summed E-state index contributed by atoms with van der Waals surface area (Å²) in [5, 5.41) is 16.6. The molecule has 0 amide bonds. The van der Waals surface area contributed by atoms with Crippen molar-refractivity contribution in [2.24, 2.45) is 10.2 Å². The van der Waals surface area contributed by atoms with Gasteiger partial charge in [-0.1, -0.05) is 43.2 Å². The minimum absolute atomic E-state index is 0.243. The predicted molar refractivity (Wildman–Crippen MR) is 83.8 cm³/mol. The summed E-state index contributed by atoms with van der Waals surface area (Å²) in [6, 6.07) is 9.74. The number of carboxylic acid groups (broad SMARTS) is 1. The van der Waals surface area contributed by atoms with Crippen LogP contribution < -0.4 is 0 Å². The molecule has 1 rings (SSSR count). The molecule has 0 fully saturated rings. The fourth-order valence-corrected chi connectivity index (χ4v) is 1.80. The van der Waals surface area contributed by atoms with Gasteiger partial charge in [0, 0.05) is 12.8 Å². The Morgan fingerprint density at radius 2 is 1.81 bits per heavy atom. The number of unbranched alkanes of at least 4 members (excludes halogenated alkanes) is 3. The SMILES string of the molecule is CO/C(CCCCCCC(=O)O)=N\N=C\c1ccccc1. The van der Waals surface area contributed by atoms with Gasteiger partial charge in [-0.2, -0.15) is 5.10 Å². The van der Waals surface area contributed by atoms with Crippen LogP contribution in [0.4, 0.5) is 0 Å². The first kappa shape index (κ1) is 16.9. The lowest BCUT2D eigenvalue weighted by atomic mass is 10.1. The first-order chi connectivity index (χ1) is 10.2. The van der Waals surface area contributed by atoms with Gasteiger partial charge >= 0.3 is 5.97 Å². The van der Waals surface area contributed by atoms with Crippen LogP contribution in [-0.4, -0.2) is 30.3 Å². The number of rotatable bonds is 9. The van der Waals surface area contributed by atoms with Crippen molar-refractivity contribution in [3.63, 3.8) is 0 Å². The summed E-state index contributed by atoms with van der Waals surface area (Å²) in [4.78, 5) is 10.4. The molecule has 0 heterocycles. The molecule has 0 saturated carbocycles. The van der Waals surface area contributed by atoms with Crippen LogP contribution in [0.25, 0.3) is 0 Å². The highest BCUT2D eigenvalue weighted by molar-refractivity contribution is 5.81. The van der Waals surface area contributed by atoms with Gasteiger partial charge in [-0.3, -0.25) is 4.79 Å². The summed E-state index contributed by atoms with van der Waals surface area (Å²) >= 11 is 0. The van der Waals surface area contributed by atoms with Gasteiger partial charge in [0.25, 0.3) is 0 Å². The van der Waals surface area contributed by atoms with Crippen molar-refractivity contribution in [1.29, 1.82) is 0 Å². The molecule has 0 radical (unpaired) electrons. The second-order valence-corrected chi connectivity index (χ2v) is 4.66. The molecule has 5 nitrogen and oxygen atoms in total. The van der Waals surface area contributed by atoms with Crippen LogP contribution in [0.2, 0.25) is 0 Å². The zero-order valence-electron chi connectivity index (χ0n) is 12.4. The van der Waals surface area contributed by atoms with Crippen LogP contribution in [0.15, 0.2) is 40.5 Å². The van der Waals surface area contributed by atoms with Crippen molar-refractivity contribution in [2.45, 2.75) is 38.5 Å². The van der Waals surface area contributed by atoms with Crippen LogP contribution in [-0.2, 0) is 9.53 Å². The number of ether oxygens (including phenoxy) is 1. The Labute approximate surface area is 125 Å². The zero-order chi connectivity index (χ0) is 15.3. The Bertz CT molecular complexity index is 470. The smallest absolute Gasteiger partial charge is 0.303 e. The highest BCUT2D eigenvalue weighted by Gasteiger charge is 2.00. The number of hydrogen-bond acceptors (Lipinski definition) is 4. The Balaban J connectivity index is 2.26. The largest absolute Gasteiger partial charge is 0.483 e. The molecular formula is C16H22N2O3. The number of nitrogens with zero attached hydrogens (tertiary/aromatic N) is 2. The molecule has 0 aliphatic carbocycles. The summed E-state index contributed by atoms with van der Waals surface area (Å²) < 4.78 is 5.18. The van der Waals surface area contributed by atoms with Gasteiger partial charge in [0.1, 0.15) is 0 Å². The maximum absolute atomic E-state index is 10.4. The first-order valence-electron chi connectivity index (χ1n) is 7.13. The molecule has 1 N–H and O–H groups in total. The molecule has 0 spiro atoms. The van der Waals surface area contributed by atoms with E-state index in [1.54, 1.807) is 13.3 Å². The van der Waals surface area contributed by atoms with Gasteiger partial charge in [-0.25, -0.2) is 0 Å². The summed E-state index contributed by atoms with van der Waals surface area (Å²) in [5.74, 6) is -0.134. The van der Waals surface area contributed by atoms with Crippen LogP contribution in [0.3, 0.4) is 0 Å². The first-order valence-corrected chi connectivity index (χ1v) is 7.13. The lowest BCUT2D eigenvalue weighted by Gasteiger charge is -2.02. The van der Waals surface area contributed by atoms with Gasteiger partial charge in [0.15, 0.2) is 0 Å². The third kappa shape index (κ3) is 8.57. The Hall–Kier alpha value is -2.17. The maximum atomic E-state index is 10.4. The van der Waals surface area contributed by atoms with Gasteiger partial charge in [0.05, 0.1) is 13.3 Å². The predicted octanol–water partition coefficient (Wildman–Crippen LogP) is 3.49. The minimum atomic E-state index is -0.732. The van der Waals surface area contributed by atoms with Crippen molar-refractivity contribution in [3.8, 4) is 0 Å². The van der Waals surface area contributed by atoms with Gasteiger partial charge < -0.3 is 9.84 Å². The monoisotopic (exact) mass is 290 g/mol. The van der Waals surface area contributed by atoms with E-state index in [1.165, 1.54) is 0 Å². The molecule has 0 aromatic heterocycles. The van der Waals surface area contributed by atoms with Crippen LogP contribution >= 0.6 is 0 Å². The van der Waals surface area contributed by atoms with E-state index in [0.29, 0.717) is 5.90 Å². The zero-order valence-corrected chi connectivity index (χ0v) is 12.4. The lowest BCUT2D eigenvalue weighted by molar-refractivity contribution is -0.137. The Kier molecular flexibility index (Phi) is 8.52. The van der Waals surface area contributed by atoms with Crippen LogP contribution in [0.1, 0.15) is 44.1 Å². The molecule has 1 aromatic carbocycles. The number of carboxylic acids is 1. The highest BCUT2D eigenvalue weighted by atomic mass is 16.5. The van der Waals surface area contributed by atoms with E-state index in [0.717, 1.165) is 37.7 Å². The van der Waals surface area contributed by atoms with Crippen molar-refractivity contribution in [1.82, 2.24) is 0 Å². The quantitative estimate of drug-likeness (QED) is 0.327. The standard InChI is InChI=1S/C16H22N2O3/c1-21-15(11-7-2-3-8-12-16(19)20)18-17-13-14-9-5-4-6-10-14/h4-6,9-10,13H,2-3,7-8,11-12H2,1H3,(H,19,20)/b17-13+,18-15-. The molecule has 0 aliphatic heterocycles. The summed E-state index contributed by atoms with van der Waals surface area (Å²) in [5.41, 5.74) is 0.991. The van der Waals surface area contributed by atoms with E-state index in [1.807, 2.05) is 30.3 Å². The number of methoxy groups -OCH3 is 1. The van der Waals surface area contributed by atoms with Crippen LogP contribution in [0.5, 0.6) is 0 Å². The normalized spacial score (nSPS) is 11.8. The molecule has 0 aliphatic rings. The minimum Gasteiger partial charge on any atom is -0.483 e. The van der Waals surface area contributed by atoms with E-state index in [2.05, 4.69) is 10.2 Å². The lowest BCUT2D eigenvalue weighted by Crippen LogP contribution is -2.00. The van der Waals surface area contributed by atoms with E-state index in [4.69, 9.17) is 9.84 Å². The topological polar surface area (TPSA) is 71.2 Å². The molecule has 5 heteroatoms. The molecule has 1 aromatic rings. The number of aliphatic carboxylic acids is 1. The van der Waals surface area contributed by atoms with E-state index in [9.17, 15) is 4.79 Å². The average Bonchev–Trinajstić information content (AvgIpc) is 2.49. The average molecular weight is 290 g/mol. The number of hydrogen-bond donors (Lipinski definition) is 1. The molecule has 0 atom stereocenters. The third-order valence-corrected chi connectivity index (χ3v) is 2.94. The fraction of sp³-hybridized carbons (Fsp3) is 0.438. The molecule has 21 heavy (non-hydrogen) atoms. The molecule has 114 valence electrons. The van der Waals surface area contributed by atoms with Crippen molar-refractivity contribution in [3.05, 3.63) is 35.9 Å². The molecule has 0 unspecified atom stereocenters. The molecule has 0 saturated heterocycles. The van der Waals surface area contributed by atoms with Crippen molar-refractivity contribution in [2.75, 3.05) is 7.11 Å². The second kappa shape index (κ2) is 10.6. The Morgan fingerprint density at radius 1 is 1.14 bits per heavy atom. The van der Waals surface area contributed by atoms with Crippen molar-refractivity contribution < 1.29 is 14.6 Å². The molecular weight excluding hydrogens is 268 g/mol. The fourth-order valence-electron chi connectivity index (χ4n) is 1.80. The third-order valence-electron chi connectivity index (χ3n) is 2.94. The van der Waals surface area contributed by atoms with Crippen molar-refractivity contribution >= 4 is 18.1 Å². The number of carbonyl (C=O) groups is 1.